The zero-order valence-electron chi connectivity index (χ0n) is 11.7. The van der Waals surface area contributed by atoms with Crippen LogP contribution in [0.3, 0.4) is 0 Å². The van der Waals surface area contributed by atoms with Gasteiger partial charge in [0.25, 0.3) is 0 Å². The predicted molar refractivity (Wildman–Crippen MR) is 86.5 cm³/mol. The lowest BCUT2D eigenvalue weighted by molar-refractivity contribution is 0.414. The van der Waals surface area contributed by atoms with Gasteiger partial charge >= 0.3 is 0 Å². The number of halogens is 1. The van der Waals surface area contributed by atoms with Crippen LogP contribution in [0, 0.1) is 11.8 Å². The fourth-order valence-corrected chi connectivity index (χ4v) is 3.17. The van der Waals surface area contributed by atoms with Crippen molar-refractivity contribution in [2.24, 2.45) is 17.6 Å². The summed E-state index contributed by atoms with van der Waals surface area (Å²) in [5.74, 6) is 0.648. The van der Waals surface area contributed by atoms with Gasteiger partial charge in [-0.05, 0) is 30.0 Å². The second-order valence-corrected chi connectivity index (χ2v) is 7.69. The Kier molecular flexibility index (Phi) is 5.94. The van der Waals surface area contributed by atoms with Crippen LogP contribution in [-0.4, -0.2) is 20.0 Å². The minimum Gasteiger partial charge on any atom is -0.389 e. The van der Waals surface area contributed by atoms with Crippen molar-refractivity contribution in [2.45, 2.75) is 25.7 Å². The van der Waals surface area contributed by atoms with Crippen LogP contribution in [-0.2, 0) is 10.0 Å². The Balaban J connectivity index is 2.94. The molecule has 0 saturated carbocycles. The molecular weight excluding hydrogens is 316 g/mol. The van der Waals surface area contributed by atoms with Crippen LogP contribution in [0.15, 0.2) is 23.1 Å². The molecule has 0 spiro atoms. The highest BCUT2D eigenvalue weighted by molar-refractivity contribution is 7.89. The molecule has 4 nitrogen and oxygen atoms in total. The molecule has 1 rings (SSSR count). The van der Waals surface area contributed by atoms with Gasteiger partial charge in [-0.25, -0.2) is 13.1 Å². The highest BCUT2D eigenvalue weighted by atomic mass is 35.5. The van der Waals surface area contributed by atoms with Gasteiger partial charge in [0, 0.05) is 12.1 Å². The average Bonchev–Trinajstić information content (AvgIpc) is 2.35. The topological polar surface area (TPSA) is 72.2 Å². The Bertz CT molecular complexity index is 600. The van der Waals surface area contributed by atoms with Crippen LogP contribution < -0.4 is 10.5 Å². The summed E-state index contributed by atoms with van der Waals surface area (Å²) < 4.78 is 26.9. The van der Waals surface area contributed by atoms with Gasteiger partial charge in [-0.1, -0.05) is 44.6 Å². The molecule has 3 N–H and O–H groups in total. The van der Waals surface area contributed by atoms with Crippen LogP contribution in [0.25, 0.3) is 0 Å². The quantitative estimate of drug-likeness (QED) is 0.784. The predicted octanol–water partition coefficient (Wildman–Crippen LogP) is 2.54. The maximum atomic E-state index is 12.2. The zero-order chi connectivity index (χ0) is 15.5. The van der Waals surface area contributed by atoms with Crippen LogP contribution in [0.4, 0.5) is 0 Å². The van der Waals surface area contributed by atoms with Crippen LogP contribution in [0.2, 0.25) is 5.02 Å². The first-order valence-electron chi connectivity index (χ1n) is 6.24. The summed E-state index contributed by atoms with van der Waals surface area (Å²) in [5, 5.41) is 0.234. The number of thiocarbonyl (C=S) groups is 1. The zero-order valence-corrected chi connectivity index (χ0v) is 14.1. The summed E-state index contributed by atoms with van der Waals surface area (Å²) in [7, 11) is -3.57. The van der Waals surface area contributed by atoms with E-state index in [-0.39, 0.29) is 20.8 Å². The Morgan fingerprint density at radius 2 is 2.00 bits per heavy atom. The smallest absolute Gasteiger partial charge is 0.240 e. The number of nitrogens with one attached hydrogen (secondary N) is 1. The molecule has 0 amide bonds. The molecule has 1 atom stereocenters. The molecular formula is C13H19ClN2O2S2. The van der Waals surface area contributed by atoms with E-state index >= 15 is 0 Å². The summed E-state index contributed by atoms with van der Waals surface area (Å²) in [6.45, 7) is 6.48. The van der Waals surface area contributed by atoms with E-state index < -0.39 is 10.0 Å². The van der Waals surface area contributed by atoms with Gasteiger partial charge in [-0.3, -0.25) is 0 Å². The fourth-order valence-electron chi connectivity index (χ4n) is 1.42. The number of nitrogens with two attached hydrogens (primary N) is 1. The normalized spacial score (nSPS) is 13.4. The minimum atomic E-state index is -3.57. The minimum absolute atomic E-state index is 0.110. The van der Waals surface area contributed by atoms with Gasteiger partial charge < -0.3 is 5.73 Å². The SMILES string of the molecule is CC(C)C(C)CNS(=O)(=O)c1ccc(C(N)=S)c(Cl)c1. The van der Waals surface area contributed by atoms with E-state index in [1.807, 2.05) is 20.8 Å². The Morgan fingerprint density at radius 1 is 1.40 bits per heavy atom. The third kappa shape index (κ3) is 4.41. The molecule has 1 unspecified atom stereocenters. The average molecular weight is 335 g/mol. The van der Waals surface area contributed by atoms with Crippen molar-refractivity contribution in [3.63, 3.8) is 0 Å². The van der Waals surface area contributed by atoms with Gasteiger partial charge in [0.05, 0.1) is 9.92 Å². The molecule has 1 aromatic rings. The van der Waals surface area contributed by atoms with E-state index in [1.165, 1.54) is 18.2 Å². The summed E-state index contributed by atoms with van der Waals surface area (Å²) >= 11 is 10.8. The molecule has 0 saturated heterocycles. The van der Waals surface area contributed by atoms with Gasteiger partial charge in [0.1, 0.15) is 4.99 Å². The van der Waals surface area contributed by atoms with Crippen molar-refractivity contribution in [2.75, 3.05) is 6.54 Å². The molecule has 0 fully saturated rings. The van der Waals surface area contributed by atoms with E-state index in [9.17, 15) is 8.42 Å². The fraction of sp³-hybridized carbons (Fsp3) is 0.462. The van der Waals surface area contributed by atoms with E-state index in [0.717, 1.165) is 0 Å². The van der Waals surface area contributed by atoms with Crippen LogP contribution in [0.1, 0.15) is 26.3 Å². The van der Waals surface area contributed by atoms with Crippen molar-refractivity contribution < 1.29 is 8.42 Å². The van der Waals surface area contributed by atoms with Gasteiger partial charge in [-0.15, -0.1) is 0 Å². The number of benzene rings is 1. The summed E-state index contributed by atoms with van der Waals surface area (Å²) in [6, 6.07) is 4.33. The third-order valence-electron chi connectivity index (χ3n) is 3.25. The molecule has 0 radical (unpaired) electrons. The second-order valence-electron chi connectivity index (χ2n) is 5.08. The molecule has 0 aliphatic carbocycles. The standard InChI is InChI=1S/C13H19ClN2O2S2/c1-8(2)9(3)7-16-20(17,18)10-4-5-11(13(15)19)12(14)6-10/h4-6,8-9,16H,7H2,1-3H3,(H2,15,19). The molecule has 112 valence electrons. The lowest BCUT2D eigenvalue weighted by Crippen LogP contribution is -2.30. The maximum absolute atomic E-state index is 12.2. The first-order chi connectivity index (χ1) is 9.15. The van der Waals surface area contributed by atoms with Gasteiger partial charge in [0.15, 0.2) is 0 Å². The Morgan fingerprint density at radius 3 is 2.45 bits per heavy atom. The Labute approximate surface area is 130 Å². The number of hydrogen-bond acceptors (Lipinski definition) is 3. The lowest BCUT2D eigenvalue weighted by Gasteiger charge is -2.16. The molecule has 0 aliphatic heterocycles. The van der Waals surface area contributed by atoms with Crippen molar-refractivity contribution in [1.82, 2.24) is 4.72 Å². The molecule has 20 heavy (non-hydrogen) atoms. The highest BCUT2D eigenvalue weighted by Gasteiger charge is 2.18. The summed E-state index contributed by atoms with van der Waals surface area (Å²) in [4.78, 5) is 0.249. The molecule has 1 aromatic carbocycles. The first-order valence-corrected chi connectivity index (χ1v) is 8.51. The van der Waals surface area contributed by atoms with E-state index in [4.69, 9.17) is 29.6 Å². The molecule has 7 heteroatoms. The van der Waals surface area contributed by atoms with E-state index in [2.05, 4.69) is 4.72 Å². The van der Waals surface area contributed by atoms with Gasteiger partial charge in [-0.2, -0.15) is 0 Å². The molecule has 0 bridgehead atoms. The molecule has 0 heterocycles. The number of sulfonamides is 1. The monoisotopic (exact) mass is 334 g/mol. The van der Waals surface area contributed by atoms with Crippen molar-refractivity contribution in [3.8, 4) is 0 Å². The molecule has 0 aliphatic rings. The lowest BCUT2D eigenvalue weighted by atomic mass is 9.99. The van der Waals surface area contributed by atoms with E-state index in [0.29, 0.717) is 18.0 Å². The van der Waals surface area contributed by atoms with Crippen molar-refractivity contribution in [3.05, 3.63) is 28.8 Å². The van der Waals surface area contributed by atoms with Crippen LogP contribution >= 0.6 is 23.8 Å². The van der Waals surface area contributed by atoms with Crippen LogP contribution in [0.5, 0.6) is 0 Å². The van der Waals surface area contributed by atoms with Crippen molar-refractivity contribution in [1.29, 1.82) is 0 Å². The summed E-state index contributed by atoms with van der Waals surface area (Å²) in [6.07, 6.45) is 0. The van der Waals surface area contributed by atoms with E-state index in [1.54, 1.807) is 0 Å². The number of rotatable bonds is 6. The second kappa shape index (κ2) is 6.85. The first kappa shape index (κ1) is 17.4. The Hall–Kier alpha value is -0.690. The maximum Gasteiger partial charge on any atom is 0.240 e. The van der Waals surface area contributed by atoms with Crippen molar-refractivity contribution >= 4 is 38.8 Å². The largest absolute Gasteiger partial charge is 0.389 e. The highest BCUT2D eigenvalue weighted by Crippen LogP contribution is 2.21. The van der Waals surface area contributed by atoms with Gasteiger partial charge in [0.2, 0.25) is 10.0 Å². The number of hydrogen-bond donors (Lipinski definition) is 2. The summed E-state index contributed by atoms with van der Waals surface area (Å²) in [5.41, 5.74) is 5.96. The third-order valence-corrected chi connectivity index (χ3v) is 5.20. The molecule has 0 aromatic heterocycles.